The minimum atomic E-state index is -0.0731. The van der Waals surface area contributed by atoms with Gasteiger partial charge in [0.05, 0.1) is 6.54 Å². The molecule has 0 radical (unpaired) electrons. The van der Waals surface area contributed by atoms with Gasteiger partial charge in [0.25, 0.3) is 0 Å². The van der Waals surface area contributed by atoms with Crippen LogP contribution in [0.1, 0.15) is 39.0 Å². The van der Waals surface area contributed by atoms with Crippen molar-refractivity contribution in [2.24, 2.45) is 5.92 Å². The predicted octanol–water partition coefficient (Wildman–Crippen LogP) is 4.21. The van der Waals surface area contributed by atoms with Crippen molar-refractivity contribution in [2.75, 3.05) is 32.5 Å². The van der Waals surface area contributed by atoms with Crippen LogP contribution >= 0.6 is 11.6 Å². The van der Waals surface area contributed by atoms with Crippen molar-refractivity contribution in [3.8, 4) is 11.8 Å². The molecule has 2 N–H and O–H groups in total. The fourth-order valence-corrected chi connectivity index (χ4v) is 3.47. The summed E-state index contributed by atoms with van der Waals surface area (Å²) in [6.45, 7) is 3.93. The molecule has 0 aliphatic heterocycles. The Morgan fingerprint density at radius 2 is 1.89 bits per heavy atom. The molecular formula is C21H31ClN4O. The van der Waals surface area contributed by atoms with Gasteiger partial charge in [0.2, 0.25) is 0 Å². The van der Waals surface area contributed by atoms with Crippen molar-refractivity contribution >= 4 is 23.3 Å². The van der Waals surface area contributed by atoms with E-state index in [1.54, 1.807) is 12.1 Å². The summed E-state index contributed by atoms with van der Waals surface area (Å²) < 4.78 is 0. The van der Waals surface area contributed by atoms with E-state index < -0.39 is 0 Å². The molecule has 2 amide bonds. The lowest BCUT2D eigenvalue weighted by Crippen LogP contribution is -2.41. The third-order valence-electron chi connectivity index (χ3n) is 5.05. The van der Waals surface area contributed by atoms with E-state index in [1.807, 2.05) is 31.1 Å². The van der Waals surface area contributed by atoms with Crippen LogP contribution in [0.25, 0.3) is 0 Å². The molecule has 0 aromatic heterocycles. The van der Waals surface area contributed by atoms with E-state index in [0.29, 0.717) is 10.9 Å². The number of hydrogen-bond acceptors (Lipinski definition) is 3. The highest BCUT2D eigenvalue weighted by atomic mass is 35.5. The maximum absolute atomic E-state index is 12.5. The molecule has 0 unspecified atom stereocenters. The molecule has 6 heteroatoms. The molecule has 1 aliphatic carbocycles. The Labute approximate surface area is 168 Å². The van der Waals surface area contributed by atoms with Crippen LogP contribution in [-0.2, 0) is 0 Å². The van der Waals surface area contributed by atoms with Gasteiger partial charge in [0.1, 0.15) is 0 Å². The molecule has 1 aromatic carbocycles. The third-order valence-corrected chi connectivity index (χ3v) is 5.30. The number of rotatable bonds is 6. The summed E-state index contributed by atoms with van der Waals surface area (Å²) in [6, 6.07) is 7.37. The number of carbonyl (C=O) groups is 1. The zero-order chi connectivity index (χ0) is 19.6. The smallest absolute Gasteiger partial charge is 0.321 e. The molecule has 1 saturated carbocycles. The van der Waals surface area contributed by atoms with Crippen molar-refractivity contribution in [1.82, 2.24) is 15.3 Å². The Hall–Kier alpha value is -1.74. The van der Waals surface area contributed by atoms with Gasteiger partial charge in [-0.2, -0.15) is 0 Å². The maximum atomic E-state index is 12.5. The fourth-order valence-electron chi connectivity index (χ4n) is 3.34. The van der Waals surface area contributed by atoms with E-state index in [2.05, 4.69) is 34.5 Å². The predicted molar refractivity (Wildman–Crippen MR) is 113 cm³/mol. The molecule has 2 rings (SSSR count). The van der Waals surface area contributed by atoms with E-state index >= 15 is 0 Å². The summed E-state index contributed by atoms with van der Waals surface area (Å²) >= 11 is 5.88. The number of halogens is 1. The first kappa shape index (κ1) is 21.6. The molecule has 148 valence electrons. The van der Waals surface area contributed by atoms with Gasteiger partial charge in [0.15, 0.2) is 0 Å². The summed E-state index contributed by atoms with van der Waals surface area (Å²) in [5.74, 6) is 7.16. The number of hydrazine groups is 1. The first-order chi connectivity index (χ1) is 13.0. The number of hydrogen-bond donors (Lipinski definition) is 2. The Bertz CT molecular complexity index is 644. The van der Waals surface area contributed by atoms with Crippen molar-refractivity contribution in [2.45, 2.75) is 45.1 Å². The third kappa shape index (κ3) is 7.06. The van der Waals surface area contributed by atoms with Crippen molar-refractivity contribution in [3.05, 3.63) is 29.3 Å². The lowest BCUT2D eigenvalue weighted by Gasteiger charge is -2.33. The van der Waals surface area contributed by atoms with Gasteiger partial charge in [-0.1, -0.05) is 30.4 Å². The molecule has 0 bridgehead atoms. The van der Waals surface area contributed by atoms with Gasteiger partial charge in [0, 0.05) is 36.3 Å². The van der Waals surface area contributed by atoms with Crippen LogP contribution in [0.2, 0.25) is 5.02 Å². The van der Waals surface area contributed by atoms with E-state index in [4.69, 9.17) is 11.6 Å². The van der Waals surface area contributed by atoms with Gasteiger partial charge < -0.3 is 10.2 Å². The lowest BCUT2D eigenvalue weighted by molar-refractivity contribution is 0.179. The summed E-state index contributed by atoms with van der Waals surface area (Å²) in [4.78, 5) is 14.3. The van der Waals surface area contributed by atoms with Gasteiger partial charge in [-0.05, 0) is 63.4 Å². The Kier molecular flexibility index (Phi) is 8.93. The van der Waals surface area contributed by atoms with Crippen LogP contribution in [0.3, 0.4) is 0 Å². The first-order valence-electron chi connectivity index (χ1n) is 9.73. The standard InChI is InChI=1S/C21H31ClN4O/c1-4-15-26(23-2)16-5-6-17-7-13-20(14-8-17)25(3)21(27)24-19-11-9-18(22)10-12-19/h9-12,17,20,23H,4,7-8,13-16H2,1-3H3,(H,24,27). The highest BCUT2D eigenvalue weighted by molar-refractivity contribution is 6.30. The van der Waals surface area contributed by atoms with Gasteiger partial charge in [-0.3, -0.25) is 5.43 Å². The summed E-state index contributed by atoms with van der Waals surface area (Å²) in [7, 11) is 3.81. The minimum absolute atomic E-state index is 0.0731. The van der Waals surface area contributed by atoms with Gasteiger partial charge in [-0.15, -0.1) is 0 Å². The largest absolute Gasteiger partial charge is 0.325 e. The zero-order valence-electron chi connectivity index (χ0n) is 16.6. The summed E-state index contributed by atoms with van der Waals surface area (Å²) in [6.07, 6.45) is 5.19. The van der Waals surface area contributed by atoms with Gasteiger partial charge in [-0.25, -0.2) is 9.80 Å². The summed E-state index contributed by atoms with van der Waals surface area (Å²) in [5.41, 5.74) is 3.93. The van der Waals surface area contributed by atoms with E-state index in [9.17, 15) is 4.79 Å². The molecule has 5 nitrogen and oxygen atoms in total. The highest BCUT2D eigenvalue weighted by Gasteiger charge is 2.25. The molecule has 0 saturated heterocycles. The number of anilines is 1. The molecule has 27 heavy (non-hydrogen) atoms. The second-order valence-electron chi connectivity index (χ2n) is 7.02. The molecule has 1 aliphatic rings. The normalized spacial score (nSPS) is 19.3. The topological polar surface area (TPSA) is 47.6 Å². The van der Waals surface area contributed by atoms with E-state index in [-0.39, 0.29) is 12.1 Å². The second kappa shape index (κ2) is 11.2. The summed E-state index contributed by atoms with van der Waals surface area (Å²) in [5, 5.41) is 5.72. The van der Waals surface area contributed by atoms with Crippen LogP contribution in [0.5, 0.6) is 0 Å². The average molecular weight is 391 g/mol. The average Bonchev–Trinajstić information content (AvgIpc) is 2.69. The second-order valence-corrected chi connectivity index (χ2v) is 7.46. The fraction of sp³-hybridized carbons (Fsp3) is 0.571. The molecular weight excluding hydrogens is 360 g/mol. The maximum Gasteiger partial charge on any atom is 0.321 e. The molecule has 1 aromatic rings. The van der Waals surface area contributed by atoms with Crippen molar-refractivity contribution in [3.63, 3.8) is 0 Å². The SMILES string of the molecule is CCCN(CC#CC1CCC(N(C)C(=O)Nc2ccc(Cl)cc2)CC1)NC. The molecule has 0 spiro atoms. The van der Waals surface area contributed by atoms with Crippen LogP contribution in [0.4, 0.5) is 10.5 Å². The number of urea groups is 1. The van der Waals surface area contributed by atoms with Crippen molar-refractivity contribution < 1.29 is 4.79 Å². The zero-order valence-corrected chi connectivity index (χ0v) is 17.4. The molecule has 0 heterocycles. The van der Waals surface area contributed by atoms with Crippen LogP contribution in [0, 0.1) is 17.8 Å². The minimum Gasteiger partial charge on any atom is -0.325 e. The molecule has 1 fully saturated rings. The highest BCUT2D eigenvalue weighted by Crippen LogP contribution is 2.27. The van der Waals surface area contributed by atoms with E-state index in [1.165, 1.54) is 0 Å². The van der Waals surface area contributed by atoms with Crippen LogP contribution < -0.4 is 10.7 Å². The first-order valence-corrected chi connectivity index (χ1v) is 10.1. The van der Waals surface area contributed by atoms with Crippen molar-refractivity contribution in [1.29, 1.82) is 0 Å². The number of carbonyl (C=O) groups excluding carboxylic acids is 1. The van der Waals surface area contributed by atoms with Crippen LogP contribution in [0.15, 0.2) is 24.3 Å². The quantitative estimate of drug-likeness (QED) is 0.565. The Morgan fingerprint density at radius 1 is 1.22 bits per heavy atom. The number of nitrogens with zero attached hydrogens (tertiary/aromatic N) is 2. The van der Waals surface area contributed by atoms with E-state index in [0.717, 1.165) is 50.9 Å². The Morgan fingerprint density at radius 3 is 2.48 bits per heavy atom. The molecule has 0 atom stereocenters. The van der Waals surface area contributed by atoms with Crippen LogP contribution in [-0.4, -0.2) is 49.2 Å². The lowest BCUT2D eigenvalue weighted by atomic mass is 9.86. The number of amides is 2. The Balaban J connectivity index is 1.77. The number of nitrogens with one attached hydrogen (secondary N) is 2. The van der Waals surface area contributed by atoms with Gasteiger partial charge >= 0.3 is 6.03 Å². The number of benzene rings is 1. The monoisotopic (exact) mass is 390 g/mol.